The molecule has 0 heterocycles. The predicted octanol–water partition coefficient (Wildman–Crippen LogP) is 7.18. The van der Waals surface area contributed by atoms with Crippen LogP contribution in [0.4, 0.5) is 0 Å². The van der Waals surface area contributed by atoms with Crippen LogP contribution in [-0.4, -0.2) is 19.3 Å². The molecule has 0 radical (unpaired) electrons. The minimum Gasteiger partial charge on any atom is -0.493 e. The Labute approximate surface area is 222 Å². The van der Waals surface area contributed by atoms with Gasteiger partial charge in [-0.2, -0.15) is 0 Å². The summed E-state index contributed by atoms with van der Waals surface area (Å²) in [5.41, 5.74) is 3.46. The minimum absolute atomic E-state index is 0.250. The first-order valence-corrected chi connectivity index (χ1v) is 12.2. The van der Waals surface area contributed by atoms with Crippen LogP contribution in [0.2, 0.25) is 0 Å². The summed E-state index contributed by atoms with van der Waals surface area (Å²) in [6, 6.07) is 30.5. The Morgan fingerprint density at radius 2 is 1.22 bits per heavy atom. The van der Waals surface area contributed by atoms with Gasteiger partial charge in [0.15, 0.2) is 23.0 Å². The van der Waals surface area contributed by atoms with Crippen LogP contribution in [0.15, 0.2) is 102 Å². The third-order valence-electron chi connectivity index (χ3n) is 5.73. The summed E-state index contributed by atoms with van der Waals surface area (Å²) >= 11 is 6.52. The molecule has 0 bridgehead atoms. The van der Waals surface area contributed by atoms with Gasteiger partial charge in [0.25, 0.3) is 0 Å². The van der Waals surface area contributed by atoms with E-state index in [4.69, 9.17) is 30.5 Å². The molecule has 0 aliphatic heterocycles. The fraction of sp³-hybridized carbons (Fsp3) is 0.161. The molecule has 0 amide bonds. The molecular weight excluding hydrogens is 488 g/mol. The number of ether oxygens (including phenoxy) is 4. The highest BCUT2D eigenvalue weighted by molar-refractivity contribution is 6.32. The molecule has 0 aliphatic carbocycles. The molecule has 0 saturated carbocycles. The second-order valence-electron chi connectivity index (χ2n) is 8.30. The fourth-order valence-corrected chi connectivity index (χ4v) is 3.99. The Balaban J connectivity index is 1.45. The average Bonchev–Trinajstić information content (AvgIpc) is 2.95. The third kappa shape index (κ3) is 7.06. The number of methoxy groups -OCH3 is 2. The van der Waals surface area contributed by atoms with Crippen molar-refractivity contribution in [3.63, 3.8) is 0 Å². The zero-order chi connectivity index (χ0) is 26.0. The highest BCUT2D eigenvalue weighted by Crippen LogP contribution is 2.35. The number of halogens is 1. The second-order valence-corrected chi connectivity index (χ2v) is 8.74. The van der Waals surface area contributed by atoms with Gasteiger partial charge in [0.2, 0.25) is 0 Å². The van der Waals surface area contributed by atoms with Gasteiger partial charge in [0, 0.05) is 0 Å². The fourth-order valence-electron chi connectivity index (χ4n) is 3.73. The van der Waals surface area contributed by atoms with Crippen LogP contribution in [0.1, 0.15) is 28.4 Å². The van der Waals surface area contributed by atoms with Gasteiger partial charge >= 0.3 is 0 Å². The van der Waals surface area contributed by atoms with Crippen molar-refractivity contribution >= 4 is 17.7 Å². The molecule has 1 N–H and O–H groups in total. The molecular formula is C31H29ClO5. The molecule has 0 aliphatic rings. The molecule has 4 aromatic rings. The molecule has 0 spiro atoms. The molecule has 6 heteroatoms. The van der Waals surface area contributed by atoms with Crippen molar-refractivity contribution in [3.05, 3.63) is 124 Å². The van der Waals surface area contributed by atoms with Crippen molar-refractivity contribution in [1.29, 1.82) is 0 Å². The number of benzene rings is 4. The largest absolute Gasteiger partial charge is 0.493 e. The summed E-state index contributed by atoms with van der Waals surface area (Å²) in [5.74, 6) is 2.29. The van der Waals surface area contributed by atoms with Gasteiger partial charge in [-0.05, 0) is 52.6 Å². The zero-order valence-corrected chi connectivity index (χ0v) is 21.5. The van der Waals surface area contributed by atoms with Crippen LogP contribution in [0, 0.1) is 0 Å². The number of aliphatic hydroxyl groups excluding tert-OH is 1. The van der Waals surface area contributed by atoms with Gasteiger partial charge in [-0.25, -0.2) is 0 Å². The predicted molar refractivity (Wildman–Crippen MR) is 146 cm³/mol. The monoisotopic (exact) mass is 516 g/mol. The molecule has 0 saturated heterocycles. The summed E-state index contributed by atoms with van der Waals surface area (Å²) < 4.78 is 22.8. The molecule has 37 heavy (non-hydrogen) atoms. The first-order chi connectivity index (χ1) is 18.1. The highest BCUT2D eigenvalue weighted by Gasteiger charge is 2.16. The van der Waals surface area contributed by atoms with E-state index in [9.17, 15) is 5.11 Å². The molecule has 0 aromatic heterocycles. The van der Waals surface area contributed by atoms with Crippen LogP contribution in [0.25, 0.3) is 6.08 Å². The van der Waals surface area contributed by atoms with E-state index in [1.165, 1.54) is 0 Å². The minimum atomic E-state index is -1.04. The van der Waals surface area contributed by atoms with E-state index in [0.29, 0.717) is 41.8 Å². The maximum atomic E-state index is 10.9. The molecule has 190 valence electrons. The van der Waals surface area contributed by atoms with Gasteiger partial charge in [-0.1, -0.05) is 84.4 Å². The smallest absolute Gasteiger partial charge is 0.161 e. The second kappa shape index (κ2) is 12.9. The van der Waals surface area contributed by atoms with E-state index in [1.807, 2.05) is 78.9 Å². The van der Waals surface area contributed by atoms with Crippen molar-refractivity contribution < 1.29 is 24.1 Å². The molecule has 1 unspecified atom stereocenters. The van der Waals surface area contributed by atoms with Gasteiger partial charge in [-0.15, -0.1) is 0 Å². The van der Waals surface area contributed by atoms with E-state index in [0.717, 1.165) is 16.7 Å². The molecule has 1 atom stereocenters. The van der Waals surface area contributed by atoms with E-state index in [2.05, 4.69) is 0 Å². The van der Waals surface area contributed by atoms with E-state index >= 15 is 0 Å². The lowest BCUT2D eigenvalue weighted by Gasteiger charge is -2.15. The summed E-state index contributed by atoms with van der Waals surface area (Å²) in [4.78, 5) is 0. The number of hydrogen-bond donors (Lipinski definition) is 1. The normalized spacial score (nSPS) is 12.1. The SMILES string of the molecule is COc1cc(/C=C(\Cl)C(O)c2ccc(OCc3ccccc3)c(OC)c2)ccc1OCc1ccccc1. The van der Waals surface area contributed by atoms with Crippen LogP contribution in [0.3, 0.4) is 0 Å². The van der Waals surface area contributed by atoms with Gasteiger partial charge < -0.3 is 24.1 Å². The molecule has 5 nitrogen and oxygen atoms in total. The summed E-state index contributed by atoms with van der Waals surface area (Å²) in [6.07, 6.45) is 0.654. The summed E-state index contributed by atoms with van der Waals surface area (Å²) in [6.45, 7) is 0.839. The van der Waals surface area contributed by atoms with Crippen LogP contribution in [0.5, 0.6) is 23.0 Å². The van der Waals surface area contributed by atoms with Gasteiger partial charge in [0.1, 0.15) is 19.3 Å². The van der Waals surface area contributed by atoms with Crippen LogP contribution >= 0.6 is 11.6 Å². The van der Waals surface area contributed by atoms with Crippen molar-refractivity contribution in [3.8, 4) is 23.0 Å². The van der Waals surface area contributed by atoms with Crippen molar-refractivity contribution in [2.45, 2.75) is 19.3 Å². The first-order valence-electron chi connectivity index (χ1n) is 11.8. The van der Waals surface area contributed by atoms with Crippen molar-refractivity contribution in [2.75, 3.05) is 14.2 Å². The first kappa shape index (κ1) is 26.1. The van der Waals surface area contributed by atoms with Gasteiger partial charge in [0.05, 0.1) is 19.3 Å². The lowest BCUT2D eigenvalue weighted by atomic mass is 10.1. The summed E-state index contributed by atoms with van der Waals surface area (Å²) in [5, 5.41) is 11.2. The standard InChI is InChI=1S/C31H29ClO5/c1-34-29-18-24(13-15-27(29)36-20-22-9-5-3-6-10-22)17-26(32)31(33)25-14-16-28(30(19-25)35-2)37-21-23-11-7-4-8-12-23/h3-19,31,33H,20-21H2,1-2H3/b26-17-. The third-order valence-corrected chi connectivity index (χ3v) is 6.05. The van der Waals surface area contributed by atoms with E-state index in [-0.39, 0.29) is 5.03 Å². The van der Waals surface area contributed by atoms with Crippen LogP contribution in [-0.2, 0) is 13.2 Å². The average molecular weight is 517 g/mol. The molecule has 4 rings (SSSR count). The lowest BCUT2D eigenvalue weighted by molar-refractivity contribution is 0.223. The maximum Gasteiger partial charge on any atom is 0.161 e. The quantitative estimate of drug-likeness (QED) is 0.229. The van der Waals surface area contributed by atoms with Crippen molar-refractivity contribution in [2.24, 2.45) is 0 Å². The van der Waals surface area contributed by atoms with Gasteiger partial charge in [-0.3, -0.25) is 0 Å². The Kier molecular flexibility index (Phi) is 9.08. The number of hydrogen-bond acceptors (Lipinski definition) is 5. The van der Waals surface area contributed by atoms with Crippen molar-refractivity contribution in [1.82, 2.24) is 0 Å². The Bertz CT molecular complexity index is 1320. The van der Waals surface area contributed by atoms with E-state index in [1.54, 1.807) is 38.5 Å². The lowest BCUT2D eigenvalue weighted by Crippen LogP contribution is -2.01. The van der Waals surface area contributed by atoms with Crippen LogP contribution < -0.4 is 18.9 Å². The number of rotatable bonds is 11. The molecule has 4 aromatic carbocycles. The summed E-state index contributed by atoms with van der Waals surface area (Å²) in [7, 11) is 3.15. The molecule has 0 fully saturated rings. The Hall–Kier alpha value is -3.93. The number of aliphatic hydroxyl groups is 1. The maximum absolute atomic E-state index is 10.9. The Morgan fingerprint density at radius 1 is 0.703 bits per heavy atom. The zero-order valence-electron chi connectivity index (χ0n) is 20.8. The van der Waals surface area contributed by atoms with E-state index < -0.39 is 6.10 Å². The topological polar surface area (TPSA) is 57.2 Å². The Morgan fingerprint density at radius 3 is 1.76 bits per heavy atom. The highest BCUT2D eigenvalue weighted by atomic mass is 35.5.